The van der Waals surface area contributed by atoms with E-state index in [1.54, 1.807) is 0 Å². The fraction of sp³-hybridized carbons (Fsp3) is 0.125. The number of halogens is 3. The molecule has 0 saturated carbocycles. The van der Waals surface area contributed by atoms with Gasteiger partial charge < -0.3 is 9.72 Å². The maximum absolute atomic E-state index is 12.8. The number of fused-ring (bicyclic) bond motifs is 1. The van der Waals surface area contributed by atoms with Crippen molar-refractivity contribution in [3.63, 3.8) is 0 Å². The first-order valence-corrected chi connectivity index (χ1v) is 6.68. The monoisotopic (exact) mass is 320 g/mol. The van der Waals surface area contributed by atoms with Crippen LogP contribution >= 0.6 is 0 Å². The Hall–Kier alpha value is -2.83. The van der Waals surface area contributed by atoms with Crippen LogP contribution in [0.2, 0.25) is 0 Å². The van der Waals surface area contributed by atoms with Crippen LogP contribution in [-0.4, -0.2) is 15.8 Å². The maximum atomic E-state index is 12.8. The lowest BCUT2D eigenvalue weighted by molar-refractivity contribution is -0.137. The van der Waals surface area contributed by atoms with E-state index in [1.807, 2.05) is 0 Å². The van der Waals surface area contributed by atoms with E-state index in [1.165, 1.54) is 37.5 Å². The highest BCUT2D eigenvalue weighted by atomic mass is 19.4. The predicted octanol–water partition coefficient (Wildman–Crippen LogP) is 4.58. The Morgan fingerprint density at radius 3 is 2.74 bits per heavy atom. The first kappa shape index (κ1) is 15.1. The van der Waals surface area contributed by atoms with Crippen LogP contribution in [0.4, 0.5) is 13.2 Å². The van der Waals surface area contributed by atoms with Crippen molar-refractivity contribution in [2.24, 2.45) is 0 Å². The van der Waals surface area contributed by atoms with Crippen LogP contribution in [0.15, 0.2) is 42.7 Å². The highest BCUT2D eigenvalue weighted by Gasteiger charge is 2.30. The van der Waals surface area contributed by atoms with E-state index >= 15 is 0 Å². The first-order chi connectivity index (χ1) is 10.9. The van der Waals surface area contributed by atoms with Crippen molar-refractivity contribution in [3.05, 3.63) is 53.9 Å². The summed E-state index contributed by atoms with van der Waals surface area (Å²) in [4.78, 5) is 18.6. The number of hydrogen-bond acceptors (Lipinski definition) is 3. The van der Waals surface area contributed by atoms with Gasteiger partial charge in [-0.1, -0.05) is 6.07 Å². The van der Waals surface area contributed by atoms with Crippen molar-refractivity contribution >= 4 is 16.8 Å². The van der Waals surface area contributed by atoms with Crippen LogP contribution in [0.25, 0.3) is 11.0 Å². The number of carbonyl (C=O) groups excluding carboxylic acids is 1. The highest BCUT2D eigenvalue weighted by molar-refractivity contribution is 6.08. The Labute approximate surface area is 128 Å². The Morgan fingerprint density at radius 1 is 1.26 bits per heavy atom. The summed E-state index contributed by atoms with van der Waals surface area (Å²) in [6.07, 6.45) is -1.50. The minimum atomic E-state index is -4.45. The number of nitrogens with zero attached hydrogens (tertiary/aromatic N) is 1. The molecule has 118 valence electrons. The lowest BCUT2D eigenvalue weighted by Crippen LogP contribution is -2.04. The van der Waals surface area contributed by atoms with Crippen LogP contribution in [0, 0.1) is 0 Å². The molecule has 0 bridgehead atoms. The van der Waals surface area contributed by atoms with Crippen LogP contribution in [0.3, 0.4) is 0 Å². The fourth-order valence-electron chi connectivity index (χ4n) is 2.25. The molecule has 0 saturated heterocycles. The molecule has 23 heavy (non-hydrogen) atoms. The summed E-state index contributed by atoms with van der Waals surface area (Å²) in [7, 11) is 0. The number of Topliss-reactive ketones (excluding diaryl/α,β-unsaturated/α-hetero) is 1. The van der Waals surface area contributed by atoms with Gasteiger partial charge in [0.1, 0.15) is 17.1 Å². The van der Waals surface area contributed by atoms with Crippen molar-refractivity contribution in [1.29, 1.82) is 0 Å². The molecule has 0 aliphatic heterocycles. The Morgan fingerprint density at radius 2 is 2.04 bits per heavy atom. The zero-order chi connectivity index (χ0) is 16.6. The third kappa shape index (κ3) is 2.90. The number of H-pyrrole nitrogens is 1. The molecular weight excluding hydrogens is 309 g/mol. The third-order valence-electron chi connectivity index (χ3n) is 3.30. The lowest BCUT2D eigenvalue weighted by atomic mass is 10.1. The molecule has 4 nitrogen and oxygen atoms in total. The van der Waals surface area contributed by atoms with Gasteiger partial charge >= 0.3 is 6.18 Å². The van der Waals surface area contributed by atoms with Gasteiger partial charge in [0.15, 0.2) is 5.78 Å². The minimum absolute atomic E-state index is 0.0306. The number of alkyl halides is 3. The summed E-state index contributed by atoms with van der Waals surface area (Å²) < 4.78 is 43.9. The number of pyridine rings is 1. The minimum Gasteiger partial charge on any atom is -0.457 e. The van der Waals surface area contributed by atoms with Crippen molar-refractivity contribution in [2.75, 3.05) is 0 Å². The van der Waals surface area contributed by atoms with Crippen LogP contribution in [0.1, 0.15) is 22.8 Å². The van der Waals surface area contributed by atoms with Gasteiger partial charge in [0.2, 0.25) is 0 Å². The van der Waals surface area contributed by atoms with Crippen molar-refractivity contribution in [2.45, 2.75) is 13.1 Å². The lowest BCUT2D eigenvalue weighted by Gasteiger charge is -2.11. The normalized spacial score (nSPS) is 11.7. The number of aromatic amines is 1. The fourth-order valence-corrected chi connectivity index (χ4v) is 2.25. The molecule has 7 heteroatoms. The Kier molecular flexibility index (Phi) is 3.55. The summed E-state index contributed by atoms with van der Waals surface area (Å²) in [6, 6.07) is 6.06. The molecule has 2 aromatic heterocycles. The summed E-state index contributed by atoms with van der Waals surface area (Å²) in [5.74, 6) is 0.0990. The van der Waals surface area contributed by atoms with Gasteiger partial charge in [-0.15, -0.1) is 0 Å². The van der Waals surface area contributed by atoms with Crippen LogP contribution in [0.5, 0.6) is 11.5 Å². The average Bonchev–Trinajstić information content (AvgIpc) is 2.92. The van der Waals surface area contributed by atoms with Crippen LogP contribution < -0.4 is 4.74 Å². The Bertz CT molecular complexity index is 884. The largest absolute Gasteiger partial charge is 0.457 e. The van der Waals surface area contributed by atoms with E-state index in [9.17, 15) is 18.0 Å². The van der Waals surface area contributed by atoms with E-state index in [4.69, 9.17) is 4.74 Å². The van der Waals surface area contributed by atoms with E-state index in [2.05, 4.69) is 9.97 Å². The predicted molar refractivity (Wildman–Crippen MR) is 77.6 cm³/mol. The maximum Gasteiger partial charge on any atom is 0.416 e. The van der Waals surface area contributed by atoms with Gasteiger partial charge in [-0.25, -0.2) is 4.98 Å². The van der Waals surface area contributed by atoms with E-state index in [-0.39, 0.29) is 17.3 Å². The van der Waals surface area contributed by atoms with Gasteiger partial charge in [0, 0.05) is 18.0 Å². The second-order valence-electron chi connectivity index (χ2n) is 4.92. The highest BCUT2D eigenvalue weighted by Crippen LogP contribution is 2.35. The van der Waals surface area contributed by atoms with Crippen LogP contribution in [-0.2, 0) is 6.18 Å². The second kappa shape index (κ2) is 5.42. The molecule has 0 amide bonds. The number of ether oxygens (including phenoxy) is 1. The molecule has 0 aliphatic rings. The standard InChI is InChI=1S/C16H11F3N2O2/c1-9(22)12-8-21-15-14(12)13(5-6-20-15)23-11-4-2-3-10(7-11)16(17,18)19/h2-8H,1H3,(H,20,21). The van der Waals surface area contributed by atoms with Crippen molar-refractivity contribution in [1.82, 2.24) is 9.97 Å². The summed E-state index contributed by atoms with van der Waals surface area (Å²) >= 11 is 0. The van der Waals surface area contributed by atoms with Gasteiger partial charge in [0.25, 0.3) is 0 Å². The number of rotatable bonds is 3. The van der Waals surface area contributed by atoms with Gasteiger partial charge in [-0.2, -0.15) is 13.2 Å². The zero-order valence-electron chi connectivity index (χ0n) is 11.9. The Balaban J connectivity index is 2.05. The van der Waals surface area contributed by atoms with Gasteiger partial charge in [0.05, 0.1) is 10.9 Å². The SMILES string of the molecule is CC(=O)c1c[nH]c2nccc(Oc3cccc(C(F)(F)F)c3)c12. The molecule has 0 unspecified atom stereocenters. The molecule has 0 aliphatic carbocycles. The van der Waals surface area contributed by atoms with Crippen molar-refractivity contribution in [3.8, 4) is 11.5 Å². The van der Waals surface area contributed by atoms with E-state index < -0.39 is 11.7 Å². The number of hydrogen-bond donors (Lipinski definition) is 1. The smallest absolute Gasteiger partial charge is 0.416 e. The molecule has 0 radical (unpaired) electrons. The summed E-state index contributed by atoms with van der Waals surface area (Å²) in [5.41, 5.74) is -0.00379. The molecule has 2 heterocycles. The molecule has 3 aromatic rings. The average molecular weight is 320 g/mol. The number of carbonyl (C=O) groups is 1. The number of nitrogens with one attached hydrogen (secondary N) is 1. The zero-order valence-corrected chi connectivity index (χ0v) is 11.9. The quantitative estimate of drug-likeness (QED) is 0.719. The van der Waals surface area contributed by atoms with Gasteiger partial charge in [-0.3, -0.25) is 4.79 Å². The number of benzene rings is 1. The van der Waals surface area contributed by atoms with Crippen molar-refractivity contribution < 1.29 is 22.7 Å². The molecule has 0 spiro atoms. The van der Waals surface area contributed by atoms with Gasteiger partial charge in [-0.05, 0) is 31.2 Å². The van der Waals surface area contributed by atoms with E-state index in [0.29, 0.717) is 16.6 Å². The molecule has 1 aromatic carbocycles. The number of aromatic nitrogens is 2. The molecule has 0 fully saturated rings. The molecule has 3 rings (SSSR count). The van der Waals surface area contributed by atoms with E-state index in [0.717, 1.165) is 12.1 Å². The molecular formula is C16H11F3N2O2. The topological polar surface area (TPSA) is 55.0 Å². The first-order valence-electron chi connectivity index (χ1n) is 6.68. The number of ketones is 1. The molecule has 0 atom stereocenters. The summed E-state index contributed by atoms with van der Waals surface area (Å²) in [6.45, 7) is 1.39. The third-order valence-corrected chi connectivity index (χ3v) is 3.30. The second-order valence-corrected chi connectivity index (χ2v) is 4.92. The summed E-state index contributed by atoms with van der Waals surface area (Å²) in [5, 5.41) is 0.442. The molecule has 1 N–H and O–H groups in total.